The van der Waals surface area contributed by atoms with Crippen LogP contribution in [0.1, 0.15) is 26.3 Å². The van der Waals surface area contributed by atoms with E-state index in [9.17, 15) is 14.4 Å². The number of hydrogen-bond acceptors (Lipinski definition) is 3. The SMILES string of the molecule is Cc1c(C=O)cccc1NC(=O)c1ccc(=O)[nH]c1. The second-order valence-electron chi connectivity index (χ2n) is 4.03. The Hall–Kier alpha value is -2.69. The number of amides is 1. The number of H-pyrrole nitrogens is 1. The van der Waals surface area contributed by atoms with Crippen LogP contribution >= 0.6 is 0 Å². The van der Waals surface area contributed by atoms with Gasteiger partial charge in [0.25, 0.3) is 5.91 Å². The fourth-order valence-electron chi connectivity index (χ4n) is 1.66. The molecule has 2 rings (SSSR count). The summed E-state index contributed by atoms with van der Waals surface area (Å²) in [5.74, 6) is -0.345. The van der Waals surface area contributed by atoms with Crippen LogP contribution in [0.5, 0.6) is 0 Å². The summed E-state index contributed by atoms with van der Waals surface area (Å²) in [6, 6.07) is 7.81. The average molecular weight is 256 g/mol. The highest BCUT2D eigenvalue weighted by molar-refractivity contribution is 6.04. The summed E-state index contributed by atoms with van der Waals surface area (Å²) in [5.41, 5.74) is 1.88. The van der Waals surface area contributed by atoms with E-state index in [1.165, 1.54) is 18.3 Å². The second kappa shape index (κ2) is 5.30. The quantitative estimate of drug-likeness (QED) is 0.821. The number of rotatable bonds is 3. The van der Waals surface area contributed by atoms with Crippen LogP contribution in [0.4, 0.5) is 5.69 Å². The highest BCUT2D eigenvalue weighted by Gasteiger charge is 2.09. The van der Waals surface area contributed by atoms with Gasteiger partial charge >= 0.3 is 0 Å². The van der Waals surface area contributed by atoms with Gasteiger partial charge in [0, 0.05) is 23.5 Å². The normalized spacial score (nSPS) is 9.95. The predicted molar refractivity (Wildman–Crippen MR) is 71.6 cm³/mol. The molecule has 19 heavy (non-hydrogen) atoms. The molecule has 96 valence electrons. The van der Waals surface area contributed by atoms with E-state index in [-0.39, 0.29) is 11.5 Å². The van der Waals surface area contributed by atoms with E-state index in [2.05, 4.69) is 10.3 Å². The van der Waals surface area contributed by atoms with E-state index < -0.39 is 0 Å². The van der Waals surface area contributed by atoms with Gasteiger partial charge in [-0.1, -0.05) is 12.1 Å². The van der Waals surface area contributed by atoms with Crippen molar-refractivity contribution in [2.45, 2.75) is 6.92 Å². The summed E-state index contributed by atoms with van der Waals surface area (Å²) in [5, 5.41) is 2.70. The van der Waals surface area contributed by atoms with Crippen LogP contribution in [0.25, 0.3) is 0 Å². The van der Waals surface area contributed by atoms with Gasteiger partial charge in [0.15, 0.2) is 0 Å². The Morgan fingerprint density at radius 3 is 2.68 bits per heavy atom. The van der Waals surface area contributed by atoms with Gasteiger partial charge in [-0.2, -0.15) is 0 Å². The summed E-state index contributed by atoms with van der Waals surface area (Å²) in [7, 11) is 0. The second-order valence-corrected chi connectivity index (χ2v) is 4.03. The molecule has 0 unspecified atom stereocenters. The zero-order valence-electron chi connectivity index (χ0n) is 10.3. The fourth-order valence-corrected chi connectivity index (χ4v) is 1.66. The third-order valence-electron chi connectivity index (χ3n) is 2.80. The van der Waals surface area contributed by atoms with Crippen LogP contribution in [0.15, 0.2) is 41.3 Å². The molecule has 5 nitrogen and oxygen atoms in total. The molecule has 0 aliphatic carbocycles. The standard InChI is InChI=1S/C14H12N2O3/c1-9-11(8-17)3-2-4-12(9)16-14(19)10-5-6-13(18)15-7-10/h2-8H,1H3,(H,15,18)(H,16,19). The number of carbonyl (C=O) groups excluding carboxylic acids is 2. The first-order valence-corrected chi connectivity index (χ1v) is 5.66. The Morgan fingerprint density at radius 2 is 2.05 bits per heavy atom. The largest absolute Gasteiger partial charge is 0.328 e. The highest BCUT2D eigenvalue weighted by atomic mass is 16.2. The number of pyridine rings is 1. The van der Waals surface area contributed by atoms with Gasteiger partial charge in [-0.25, -0.2) is 0 Å². The Morgan fingerprint density at radius 1 is 1.26 bits per heavy atom. The molecule has 1 heterocycles. The summed E-state index contributed by atoms with van der Waals surface area (Å²) in [6.45, 7) is 1.76. The van der Waals surface area contributed by atoms with Crippen molar-refractivity contribution in [3.05, 3.63) is 63.6 Å². The van der Waals surface area contributed by atoms with E-state index in [0.29, 0.717) is 22.4 Å². The minimum atomic E-state index is -0.345. The minimum Gasteiger partial charge on any atom is -0.328 e. The molecule has 2 N–H and O–H groups in total. The monoisotopic (exact) mass is 256 g/mol. The molecule has 0 atom stereocenters. The highest BCUT2D eigenvalue weighted by Crippen LogP contribution is 2.18. The van der Waals surface area contributed by atoms with Crippen molar-refractivity contribution >= 4 is 17.9 Å². The lowest BCUT2D eigenvalue weighted by molar-refractivity contribution is 0.102. The van der Waals surface area contributed by atoms with Crippen molar-refractivity contribution < 1.29 is 9.59 Å². The van der Waals surface area contributed by atoms with Crippen molar-refractivity contribution in [1.82, 2.24) is 4.98 Å². The Labute approximate surface area is 109 Å². The van der Waals surface area contributed by atoms with Crippen LogP contribution in [-0.2, 0) is 0 Å². The van der Waals surface area contributed by atoms with Crippen LogP contribution in [-0.4, -0.2) is 17.2 Å². The number of anilines is 1. The van der Waals surface area contributed by atoms with Crippen molar-refractivity contribution in [2.24, 2.45) is 0 Å². The number of aromatic amines is 1. The van der Waals surface area contributed by atoms with E-state index in [1.807, 2.05) is 0 Å². The average Bonchev–Trinajstić information content (AvgIpc) is 2.42. The molecular weight excluding hydrogens is 244 g/mol. The van der Waals surface area contributed by atoms with Gasteiger partial charge in [-0.05, 0) is 24.6 Å². The molecule has 0 aliphatic heterocycles. The van der Waals surface area contributed by atoms with Crippen LogP contribution < -0.4 is 10.9 Å². The molecule has 0 spiro atoms. The first-order valence-electron chi connectivity index (χ1n) is 5.66. The zero-order chi connectivity index (χ0) is 13.8. The van der Waals surface area contributed by atoms with Gasteiger partial charge in [-0.3, -0.25) is 14.4 Å². The van der Waals surface area contributed by atoms with Crippen LogP contribution in [0.3, 0.4) is 0 Å². The number of nitrogens with one attached hydrogen (secondary N) is 2. The number of aldehydes is 1. The molecule has 1 aromatic carbocycles. The molecule has 0 bridgehead atoms. The number of aromatic nitrogens is 1. The number of hydrogen-bond donors (Lipinski definition) is 2. The molecule has 1 amide bonds. The minimum absolute atomic E-state index is 0.268. The van der Waals surface area contributed by atoms with Crippen molar-refractivity contribution in [1.29, 1.82) is 0 Å². The van der Waals surface area contributed by atoms with Gasteiger partial charge in [0.2, 0.25) is 5.56 Å². The van der Waals surface area contributed by atoms with Crippen molar-refractivity contribution in [2.75, 3.05) is 5.32 Å². The topological polar surface area (TPSA) is 79.0 Å². The number of carbonyl (C=O) groups is 2. The third-order valence-corrected chi connectivity index (χ3v) is 2.80. The molecule has 5 heteroatoms. The third kappa shape index (κ3) is 2.77. The van der Waals surface area contributed by atoms with E-state index in [4.69, 9.17) is 0 Å². The van der Waals surface area contributed by atoms with Crippen LogP contribution in [0.2, 0.25) is 0 Å². The maximum absolute atomic E-state index is 12.0. The summed E-state index contributed by atoms with van der Waals surface area (Å²) >= 11 is 0. The molecule has 0 fully saturated rings. The molecule has 0 saturated carbocycles. The Bertz CT molecular complexity index is 669. The fraction of sp³-hybridized carbons (Fsp3) is 0.0714. The van der Waals surface area contributed by atoms with Gasteiger partial charge in [0.1, 0.15) is 6.29 Å². The van der Waals surface area contributed by atoms with E-state index in [0.717, 1.165) is 6.29 Å². The van der Waals surface area contributed by atoms with E-state index in [1.54, 1.807) is 25.1 Å². The molecule has 1 aromatic heterocycles. The zero-order valence-corrected chi connectivity index (χ0v) is 10.3. The maximum Gasteiger partial charge on any atom is 0.257 e. The predicted octanol–water partition coefficient (Wildman–Crippen LogP) is 1.75. The summed E-state index contributed by atoms with van der Waals surface area (Å²) < 4.78 is 0. The maximum atomic E-state index is 12.0. The van der Waals surface area contributed by atoms with Gasteiger partial charge < -0.3 is 10.3 Å². The first-order chi connectivity index (χ1) is 9.11. The van der Waals surface area contributed by atoms with Gasteiger partial charge in [-0.15, -0.1) is 0 Å². The molecule has 2 aromatic rings. The van der Waals surface area contributed by atoms with Crippen molar-refractivity contribution in [3.63, 3.8) is 0 Å². The van der Waals surface area contributed by atoms with E-state index >= 15 is 0 Å². The molecule has 0 radical (unpaired) electrons. The Balaban J connectivity index is 2.26. The smallest absolute Gasteiger partial charge is 0.257 e. The molecular formula is C14H12N2O3. The summed E-state index contributed by atoms with van der Waals surface area (Å²) in [6.07, 6.45) is 2.08. The number of benzene rings is 1. The lowest BCUT2D eigenvalue weighted by atomic mass is 10.1. The Kier molecular flexibility index (Phi) is 3.56. The molecule has 0 aliphatic rings. The lowest BCUT2D eigenvalue weighted by Crippen LogP contribution is -2.15. The summed E-state index contributed by atoms with van der Waals surface area (Å²) in [4.78, 5) is 36.1. The first kappa shape index (κ1) is 12.8. The van der Waals surface area contributed by atoms with Gasteiger partial charge in [0.05, 0.1) is 5.56 Å². The van der Waals surface area contributed by atoms with Crippen molar-refractivity contribution in [3.8, 4) is 0 Å². The molecule has 0 saturated heterocycles. The lowest BCUT2D eigenvalue weighted by Gasteiger charge is -2.09. The van der Waals surface area contributed by atoms with Crippen LogP contribution in [0, 0.1) is 6.92 Å².